The van der Waals surface area contributed by atoms with Crippen LogP contribution in [-0.4, -0.2) is 31.6 Å². The lowest BCUT2D eigenvalue weighted by atomic mass is 10.2. The van der Waals surface area contributed by atoms with Gasteiger partial charge in [0.15, 0.2) is 0 Å². The number of hydrogen-bond donors (Lipinski definition) is 3. The van der Waals surface area contributed by atoms with Gasteiger partial charge in [-0.1, -0.05) is 17.3 Å². The van der Waals surface area contributed by atoms with Gasteiger partial charge < -0.3 is 10.2 Å². The summed E-state index contributed by atoms with van der Waals surface area (Å²) in [5.41, 5.74) is -0.0671. The first kappa shape index (κ1) is 10.7. The quantitative estimate of drug-likeness (QED) is 0.645. The monoisotopic (exact) mass is 207 g/mol. The smallest absolute Gasteiger partial charge is 0.339 e. The number of carboxylic acids is 1. The van der Waals surface area contributed by atoms with Crippen molar-refractivity contribution in [3.05, 3.63) is 42.2 Å². The first-order chi connectivity index (χ1) is 7.22. The van der Waals surface area contributed by atoms with Crippen LogP contribution in [0.15, 0.2) is 36.7 Å². The fourth-order valence-corrected chi connectivity index (χ4v) is 0.821. The fourth-order valence-electron chi connectivity index (χ4n) is 0.821. The maximum Gasteiger partial charge on any atom is 0.339 e. The van der Waals surface area contributed by atoms with Crippen molar-refractivity contribution in [1.29, 1.82) is 0 Å². The van der Waals surface area contributed by atoms with E-state index < -0.39 is 5.97 Å². The van der Waals surface area contributed by atoms with Gasteiger partial charge in [-0.2, -0.15) is 0 Å². The fraction of sp³-hybridized carbons (Fsp3) is 0. The minimum absolute atomic E-state index is 0.0671. The zero-order chi connectivity index (χ0) is 11.1. The number of carboxylic acid groups (broad SMARTS) is 1. The van der Waals surface area contributed by atoms with Crippen LogP contribution in [0.2, 0.25) is 0 Å². The Bertz CT molecular complexity index is 397. The van der Waals surface area contributed by atoms with Gasteiger partial charge >= 0.3 is 5.97 Å². The number of rotatable bonds is 1. The van der Waals surface area contributed by atoms with E-state index in [1.54, 1.807) is 24.5 Å². The second kappa shape index (κ2) is 5.38. The number of hydrogen-bond acceptors (Lipinski definition) is 4. The number of aromatic amines is 1. The first-order valence-corrected chi connectivity index (χ1v) is 4.03. The summed E-state index contributed by atoms with van der Waals surface area (Å²) in [7, 11) is 0. The topological polar surface area (TPSA) is 99.1 Å². The third-order valence-corrected chi connectivity index (χ3v) is 1.47. The third-order valence-electron chi connectivity index (χ3n) is 1.47. The van der Waals surface area contributed by atoms with Crippen LogP contribution >= 0.6 is 0 Å². The molecule has 0 spiro atoms. The van der Waals surface area contributed by atoms with Crippen molar-refractivity contribution in [3.63, 3.8) is 0 Å². The molecule has 15 heavy (non-hydrogen) atoms. The number of para-hydroxylation sites is 1. The average Bonchev–Trinajstić information content (AvgIpc) is 2.75. The molecule has 0 bridgehead atoms. The van der Waals surface area contributed by atoms with Gasteiger partial charge in [-0.15, -0.1) is 5.10 Å². The van der Waals surface area contributed by atoms with E-state index in [4.69, 9.17) is 10.2 Å². The van der Waals surface area contributed by atoms with E-state index in [0.29, 0.717) is 0 Å². The highest BCUT2D eigenvalue weighted by molar-refractivity contribution is 5.90. The Hall–Kier alpha value is -2.37. The van der Waals surface area contributed by atoms with Gasteiger partial charge in [0.25, 0.3) is 0 Å². The van der Waals surface area contributed by atoms with Crippen molar-refractivity contribution in [2.75, 3.05) is 0 Å². The second-order valence-corrected chi connectivity index (χ2v) is 2.48. The molecular formula is C9H9N3O3. The number of benzene rings is 1. The largest absolute Gasteiger partial charge is 0.507 e. The molecule has 2 aromatic rings. The van der Waals surface area contributed by atoms with Crippen LogP contribution in [0.25, 0.3) is 0 Å². The third kappa shape index (κ3) is 3.47. The standard InChI is InChI=1S/C7H6O3.C2H3N3/c8-6-4-2-1-3-5(6)7(9)10;1-2-4-5-3-1/h1-4,8H,(H,9,10);1-2H,(H,3,4,5). The Morgan fingerprint density at radius 3 is 2.40 bits per heavy atom. The number of aromatic nitrogens is 3. The van der Waals surface area contributed by atoms with Crippen molar-refractivity contribution >= 4 is 5.97 Å². The lowest BCUT2D eigenvalue weighted by Gasteiger charge is -1.95. The number of nitrogens with one attached hydrogen (secondary N) is 1. The highest BCUT2D eigenvalue weighted by Crippen LogP contribution is 2.14. The van der Waals surface area contributed by atoms with Gasteiger partial charge in [0.05, 0.1) is 6.20 Å². The predicted octanol–water partition coefficient (Wildman–Crippen LogP) is 0.895. The minimum atomic E-state index is -1.11. The second-order valence-electron chi connectivity index (χ2n) is 2.48. The normalized spacial score (nSPS) is 8.80. The molecule has 6 nitrogen and oxygen atoms in total. The van der Waals surface area contributed by atoms with E-state index in [1.807, 2.05) is 0 Å². The zero-order valence-corrected chi connectivity index (χ0v) is 7.66. The van der Waals surface area contributed by atoms with Crippen molar-refractivity contribution in [3.8, 4) is 5.75 Å². The van der Waals surface area contributed by atoms with Crippen LogP contribution in [0.5, 0.6) is 5.75 Å². The maximum atomic E-state index is 10.3. The van der Waals surface area contributed by atoms with Crippen LogP contribution < -0.4 is 0 Å². The summed E-state index contributed by atoms with van der Waals surface area (Å²) >= 11 is 0. The predicted molar refractivity (Wildman–Crippen MR) is 51.4 cm³/mol. The number of H-pyrrole nitrogens is 1. The summed E-state index contributed by atoms with van der Waals surface area (Å²) in [6.45, 7) is 0. The molecule has 1 heterocycles. The summed E-state index contributed by atoms with van der Waals surface area (Å²) in [6.07, 6.45) is 3.24. The number of carbonyl (C=O) groups is 1. The molecule has 2 rings (SSSR count). The summed E-state index contributed by atoms with van der Waals surface area (Å²) in [5, 5.41) is 26.6. The summed E-state index contributed by atoms with van der Waals surface area (Å²) in [4.78, 5) is 10.3. The van der Waals surface area contributed by atoms with E-state index in [-0.39, 0.29) is 11.3 Å². The van der Waals surface area contributed by atoms with Crippen LogP contribution in [0.3, 0.4) is 0 Å². The first-order valence-electron chi connectivity index (χ1n) is 4.03. The molecule has 6 heteroatoms. The van der Waals surface area contributed by atoms with Gasteiger partial charge in [0.2, 0.25) is 0 Å². The molecule has 3 N–H and O–H groups in total. The molecule has 0 aliphatic rings. The van der Waals surface area contributed by atoms with Crippen LogP contribution in [-0.2, 0) is 0 Å². The van der Waals surface area contributed by atoms with E-state index in [2.05, 4.69) is 15.4 Å². The number of nitrogens with zero attached hydrogens (tertiary/aromatic N) is 2. The van der Waals surface area contributed by atoms with Crippen molar-refractivity contribution in [2.24, 2.45) is 0 Å². The molecule has 0 fully saturated rings. The van der Waals surface area contributed by atoms with Crippen LogP contribution in [0.4, 0.5) is 0 Å². The Morgan fingerprint density at radius 1 is 1.33 bits per heavy atom. The highest BCUT2D eigenvalue weighted by Gasteiger charge is 2.05. The molecular weight excluding hydrogens is 198 g/mol. The Kier molecular flexibility index (Phi) is 3.84. The summed E-state index contributed by atoms with van der Waals surface area (Å²) in [6, 6.07) is 5.81. The van der Waals surface area contributed by atoms with Crippen molar-refractivity contribution in [2.45, 2.75) is 0 Å². The zero-order valence-electron chi connectivity index (χ0n) is 7.66. The van der Waals surface area contributed by atoms with Gasteiger partial charge in [-0.25, -0.2) is 4.79 Å². The molecule has 1 aromatic heterocycles. The molecule has 0 aliphatic heterocycles. The lowest BCUT2D eigenvalue weighted by molar-refractivity contribution is 0.0694. The maximum absolute atomic E-state index is 10.3. The molecule has 0 saturated heterocycles. The Balaban J connectivity index is 0.000000187. The van der Waals surface area contributed by atoms with Crippen molar-refractivity contribution < 1.29 is 15.0 Å². The molecule has 1 aromatic carbocycles. The molecule has 78 valence electrons. The minimum Gasteiger partial charge on any atom is -0.507 e. The molecule has 0 unspecified atom stereocenters. The number of aromatic carboxylic acids is 1. The van der Waals surface area contributed by atoms with Gasteiger partial charge in [-0.3, -0.25) is 5.10 Å². The van der Waals surface area contributed by atoms with Crippen LogP contribution in [0, 0.1) is 0 Å². The van der Waals surface area contributed by atoms with Gasteiger partial charge in [-0.05, 0) is 12.1 Å². The van der Waals surface area contributed by atoms with E-state index in [0.717, 1.165) is 0 Å². The van der Waals surface area contributed by atoms with Crippen molar-refractivity contribution in [1.82, 2.24) is 15.4 Å². The molecule has 0 atom stereocenters. The number of aromatic hydroxyl groups is 1. The summed E-state index contributed by atoms with van der Waals surface area (Å²) < 4.78 is 0. The highest BCUT2D eigenvalue weighted by atomic mass is 16.4. The van der Waals surface area contributed by atoms with Gasteiger partial charge in [0.1, 0.15) is 11.3 Å². The number of phenols is 1. The van der Waals surface area contributed by atoms with E-state index in [1.165, 1.54) is 12.1 Å². The van der Waals surface area contributed by atoms with E-state index >= 15 is 0 Å². The molecule has 0 aliphatic carbocycles. The lowest BCUT2D eigenvalue weighted by Crippen LogP contribution is -1.95. The molecule has 0 saturated carbocycles. The Labute approximate surface area is 85.2 Å². The van der Waals surface area contributed by atoms with Crippen LogP contribution in [0.1, 0.15) is 10.4 Å². The van der Waals surface area contributed by atoms with E-state index in [9.17, 15) is 4.79 Å². The van der Waals surface area contributed by atoms with Gasteiger partial charge in [0, 0.05) is 6.20 Å². The molecule has 0 radical (unpaired) electrons. The Morgan fingerprint density at radius 2 is 2.07 bits per heavy atom. The summed E-state index contributed by atoms with van der Waals surface area (Å²) in [5.74, 6) is -1.31. The molecule has 0 amide bonds. The SMILES string of the molecule is O=C(O)c1ccccc1O.c1c[nH]nn1. The average molecular weight is 207 g/mol.